The Morgan fingerprint density at radius 2 is 2.25 bits per heavy atom. The van der Waals surface area contributed by atoms with E-state index in [2.05, 4.69) is 0 Å². The largest absolute Gasteiger partial charge is 0.396 e. The summed E-state index contributed by atoms with van der Waals surface area (Å²) in [5.74, 6) is 0.265. The van der Waals surface area contributed by atoms with Crippen LogP contribution in [-0.2, 0) is 9.47 Å². The van der Waals surface area contributed by atoms with Crippen molar-refractivity contribution in [1.29, 1.82) is 0 Å². The van der Waals surface area contributed by atoms with Crippen molar-refractivity contribution in [2.75, 3.05) is 13.2 Å². The Morgan fingerprint density at radius 1 is 1.50 bits per heavy atom. The summed E-state index contributed by atoms with van der Waals surface area (Å²) in [5, 5.41) is 8.72. The third-order valence-corrected chi connectivity index (χ3v) is 2.73. The first-order valence-electron chi connectivity index (χ1n) is 4.67. The molecule has 1 saturated heterocycles. The van der Waals surface area contributed by atoms with Gasteiger partial charge in [0.25, 0.3) is 0 Å². The maximum atomic E-state index is 8.72. The second kappa shape index (κ2) is 2.98. The lowest BCUT2D eigenvalue weighted by Gasteiger charge is -2.22. The highest BCUT2D eigenvalue weighted by atomic mass is 16.7. The van der Waals surface area contributed by atoms with Gasteiger partial charge in [-0.2, -0.15) is 0 Å². The highest BCUT2D eigenvalue weighted by molar-refractivity contribution is 4.90. The summed E-state index contributed by atoms with van der Waals surface area (Å²) in [6, 6.07) is 0. The molecule has 0 aromatic carbocycles. The highest BCUT2D eigenvalue weighted by Gasteiger charge is 2.48. The lowest BCUT2D eigenvalue weighted by atomic mass is 10.2. The van der Waals surface area contributed by atoms with Gasteiger partial charge in [0.1, 0.15) is 0 Å². The molecule has 0 aromatic rings. The first-order chi connectivity index (χ1) is 5.74. The molecule has 1 aliphatic heterocycles. The van der Waals surface area contributed by atoms with Crippen LogP contribution in [0.4, 0.5) is 0 Å². The van der Waals surface area contributed by atoms with Gasteiger partial charge in [0, 0.05) is 12.5 Å². The van der Waals surface area contributed by atoms with E-state index in [9.17, 15) is 0 Å². The molecule has 0 spiro atoms. The fourth-order valence-electron chi connectivity index (χ4n) is 1.77. The van der Waals surface area contributed by atoms with E-state index in [1.54, 1.807) is 0 Å². The maximum absolute atomic E-state index is 8.72. The normalized spacial score (nSPS) is 42.0. The summed E-state index contributed by atoms with van der Waals surface area (Å²) in [5.41, 5.74) is 0. The predicted octanol–water partition coefficient (Wildman–Crippen LogP) is 0.910. The van der Waals surface area contributed by atoms with Gasteiger partial charge in [-0.05, 0) is 26.2 Å². The Bertz CT molecular complexity index is 167. The van der Waals surface area contributed by atoms with E-state index >= 15 is 0 Å². The van der Waals surface area contributed by atoms with E-state index < -0.39 is 0 Å². The SMILES string of the molecule is CC1(C2CC2)OCC(CCO)O1. The molecule has 1 aliphatic carbocycles. The Hall–Kier alpha value is -0.120. The number of ether oxygens (including phenoxy) is 2. The van der Waals surface area contributed by atoms with Gasteiger partial charge in [-0.25, -0.2) is 0 Å². The summed E-state index contributed by atoms with van der Waals surface area (Å²) in [4.78, 5) is 0. The molecule has 0 amide bonds. The van der Waals surface area contributed by atoms with Crippen LogP contribution in [0.2, 0.25) is 0 Å². The van der Waals surface area contributed by atoms with E-state index in [-0.39, 0.29) is 18.5 Å². The molecule has 2 unspecified atom stereocenters. The van der Waals surface area contributed by atoms with Crippen LogP contribution in [0.1, 0.15) is 26.2 Å². The maximum Gasteiger partial charge on any atom is 0.168 e. The Kier molecular flexibility index (Phi) is 2.10. The van der Waals surface area contributed by atoms with Gasteiger partial charge in [-0.15, -0.1) is 0 Å². The smallest absolute Gasteiger partial charge is 0.168 e. The van der Waals surface area contributed by atoms with Crippen LogP contribution in [0.25, 0.3) is 0 Å². The summed E-state index contributed by atoms with van der Waals surface area (Å²) in [7, 11) is 0. The van der Waals surface area contributed by atoms with Gasteiger partial charge in [0.2, 0.25) is 0 Å². The van der Waals surface area contributed by atoms with Crippen molar-refractivity contribution >= 4 is 0 Å². The molecule has 70 valence electrons. The number of hydrogen-bond donors (Lipinski definition) is 1. The monoisotopic (exact) mass is 172 g/mol. The van der Waals surface area contributed by atoms with Crippen LogP contribution >= 0.6 is 0 Å². The van der Waals surface area contributed by atoms with Crippen LogP contribution in [0.3, 0.4) is 0 Å². The fraction of sp³-hybridized carbons (Fsp3) is 1.00. The molecule has 3 heteroatoms. The van der Waals surface area contributed by atoms with Crippen molar-refractivity contribution < 1.29 is 14.6 Å². The second-order valence-electron chi connectivity index (χ2n) is 3.85. The first kappa shape index (κ1) is 8.48. The third-order valence-electron chi connectivity index (χ3n) is 2.73. The lowest BCUT2D eigenvalue weighted by molar-refractivity contribution is -0.170. The third kappa shape index (κ3) is 1.49. The minimum absolute atomic E-state index is 0.112. The molecule has 2 fully saturated rings. The van der Waals surface area contributed by atoms with Crippen LogP contribution in [-0.4, -0.2) is 30.2 Å². The van der Waals surface area contributed by atoms with Crippen molar-refractivity contribution in [3.63, 3.8) is 0 Å². The lowest BCUT2D eigenvalue weighted by Crippen LogP contribution is -2.29. The van der Waals surface area contributed by atoms with Crippen molar-refractivity contribution in [3.8, 4) is 0 Å². The van der Waals surface area contributed by atoms with E-state index in [4.69, 9.17) is 14.6 Å². The minimum atomic E-state index is -0.333. The highest BCUT2D eigenvalue weighted by Crippen LogP contribution is 2.45. The summed E-state index contributed by atoms with van der Waals surface area (Å²) in [6.07, 6.45) is 3.26. The van der Waals surface area contributed by atoms with Gasteiger partial charge in [0.05, 0.1) is 12.7 Å². The Labute approximate surface area is 72.7 Å². The summed E-state index contributed by atoms with van der Waals surface area (Å²) < 4.78 is 11.3. The van der Waals surface area contributed by atoms with Gasteiger partial charge >= 0.3 is 0 Å². The van der Waals surface area contributed by atoms with Gasteiger partial charge in [-0.3, -0.25) is 0 Å². The van der Waals surface area contributed by atoms with Crippen LogP contribution < -0.4 is 0 Å². The van der Waals surface area contributed by atoms with E-state index in [0.717, 1.165) is 0 Å². The number of aliphatic hydroxyl groups excluding tert-OH is 1. The molecule has 12 heavy (non-hydrogen) atoms. The molecule has 0 bridgehead atoms. The molecule has 2 atom stereocenters. The van der Waals surface area contributed by atoms with Gasteiger partial charge < -0.3 is 14.6 Å². The molecule has 2 rings (SSSR count). The van der Waals surface area contributed by atoms with Crippen LogP contribution in [0.5, 0.6) is 0 Å². The van der Waals surface area contributed by atoms with Crippen LogP contribution in [0, 0.1) is 5.92 Å². The predicted molar refractivity (Wildman–Crippen MR) is 43.7 cm³/mol. The zero-order valence-electron chi connectivity index (χ0n) is 7.45. The second-order valence-corrected chi connectivity index (χ2v) is 3.85. The molecule has 1 saturated carbocycles. The number of hydrogen-bond acceptors (Lipinski definition) is 3. The average molecular weight is 172 g/mol. The zero-order chi connectivity index (χ0) is 8.60. The van der Waals surface area contributed by atoms with E-state index in [1.165, 1.54) is 12.8 Å². The van der Waals surface area contributed by atoms with Crippen molar-refractivity contribution in [2.45, 2.75) is 38.1 Å². The van der Waals surface area contributed by atoms with Gasteiger partial charge in [-0.1, -0.05) is 0 Å². The average Bonchev–Trinajstić information content (AvgIpc) is 2.80. The van der Waals surface area contributed by atoms with Gasteiger partial charge in [0.15, 0.2) is 5.79 Å². The molecular formula is C9H16O3. The zero-order valence-corrected chi connectivity index (χ0v) is 7.45. The quantitative estimate of drug-likeness (QED) is 0.687. The standard InChI is InChI=1S/C9H16O3/c1-9(7-2-3-7)11-6-8(12-9)4-5-10/h7-8,10H,2-6H2,1H3. The molecular weight excluding hydrogens is 156 g/mol. The molecule has 0 aromatic heterocycles. The van der Waals surface area contributed by atoms with Crippen molar-refractivity contribution in [3.05, 3.63) is 0 Å². The summed E-state index contributed by atoms with van der Waals surface area (Å²) in [6.45, 7) is 2.85. The van der Waals surface area contributed by atoms with Crippen LogP contribution in [0.15, 0.2) is 0 Å². The summed E-state index contributed by atoms with van der Waals surface area (Å²) >= 11 is 0. The van der Waals surface area contributed by atoms with E-state index in [0.29, 0.717) is 18.9 Å². The molecule has 1 N–H and O–H groups in total. The molecule has 2 aliphatic rings. The minimum Gasteiger partial charge on any atom is -0.396 e. The molecule has 3 nitrogen and oxygen atoms in total. The molecule has 0 radical (unpaired) electrons. The topological polar surface area (TPSA) is 38.7 Å². The Morgan fingerprint density at radius 3 is 2.83 bits per heavy atom. The van der Waals surface area contributed by atoms with Crippen molar-refractivity contribution in [2.24, 2.45) is 5.92 Å². The van der Waals surface area contributed by atoms with E-state index in [1.807, 2.05) is 6.92 Å². The van der Waals surface area contributed by atoms with Crippen molar-refractivity contribution in [1.82, 2.24) is 0 Å². The number of rotatable bonds is 3. The fourth-order valence-corrected chi connectivity index (χ4v) is 1.77. The first-order valence-corrected chi connectivity index (χ1v) is 4.67. The Balaban J connectivity index is 1.87. The molecule has 1 heterocycles. The number of aliphatic hydroxyl groups is 1.